The van der Waals surface area contributed by atoms with Crippen molar-refractivity contribution >= 4 is 11.6 Å². The normalized spacial score (nSPS) is 12.1. The molecule has 2 nitrogen and oxygen atoms in total. The van der Waals surface area contributed by atoms with Crippen LogP contribution in [0.2, 0.25) is 5.15 Å². The Kier molecular flexibility index (Phi) is 3.42. The van der Waals surface area contributed by atoms with Crippen molar-refractivity contribution in [2.24, 2.45) is 0 Å². The van der Waals surface area contributed by atoms with E-state index in [1.165, 1.54) is 0 Å². The molecule has 0 N–H and O–H groups in total. The van der Waals surface area contributed by atoms with Crippen LogP contribution in [0.25, 0.3) is 0 Å². The van der Waals surface area contributed by atoms with E-state index < -0.39 is 0 Å². The quantitative estimate of drug-likeness (QED) is 0.751. The maximum absolute atomic E-state index is 5.78. The van der Waals surface area contributed by atoms with E-state index in [1.54, 1.807) is 12.1 Å². The fraction of sp³-hybridized carbons (Fsp3) is 0.154. The van der Waals surface area contributed by atoms with Gasteiger partial charge in [0, 0.05) is 6.07 Å². The Morgan fingerprint density at radius 3 is 2.50 bits per heavy atom. The summed E-state index contributed by atoms with van der Waals surface area (Å²) in [7, 11) is 0. The predicted octanol–water partition coefficient (Wildman–Crippen LogP) is 3.88. The maximum atomic E-state index is 5.78. The Labute approximate surface area is 99.9 Å². The number of ether oxygens (including phenoxy) is 1. The molecule has 0 bridgehead atoms. The lowest BCUT2D eigenvalue weighted by molar-refractivity contribution is 0.217. The Balaban J connectivity index is 2.11. The molecule has 1 heterocycles. The zero-order chi connectivity index (χ0) is 11.4. The molecule has 82 valence electrons. The molecule has 1 atom stereocenters. The van der Waals surface area contributed by atoms with E-state index in [4.69, 9.17) is 16.3 Å². The van der Waals surface area contributed by atoms with E-state index in [-0.39, 0.29) is 6.10 Å². The average molecular weight is 234 g/mol. The number of aromatic nitrogens is 1. The highest BCUT2D eigenvalue weighted by Gasteiger charge is 2.07. The van der Waals surface area contributed by atoms with Crippen LogP contribution in [0.15, 0.2) is 48.5 Å². The van der Waals surface area contributed by atoms with Crippen molar-refractivity contribution in [3.63, 3.8) is 0 Å². The number of nitrogens with zero attached hydrogens (tertiary/aromatic N) is 1. The largest absolute Gasteiger partial charge is 0.470 e. The van der Waals surface area contributed by atoms with Gasteiger partial charge in [-0.3, -0.25) is 0 Å². The van der Waals surface area contributed by atoms with Crippen LogP contribution in [0.3, 0.4) is 0 Å². The smallest absolute Gasteiger partial charge is 0.215 e. The molecule has 2 rings (SSSR count). The van der Waals surface area contributed by atoms with Gasteiger partial charge in [-0.25, -0.2) is 4.98 Å². The van der Waals surface area contributed by atoms with Crippen molar-refractivity contribution in [2.45, 2.75) is 13.0 Å². The number of pyridine rings is 1. The van der Waals surface area contributed by atoms with E-state index in [0.717, 1.165) is 5.56 Å². The van der Waals surface area contributed by atoms with Crippen molar-refractivity contribution in [3.05, 3.63) is 59.2 Å². The number of rotatable bonds is 3. The fourth-order valence-corrected chi connectivity index (χ4v) is 1.58. The minimum Gasteiger partial charge on any atom is -0.470 e. The average Bonchev–Trinajstić information content (AvgIpc) is 2.30. The van der Waals surface area contributed by atoms with Crippen LogP contribution < -0.4 is 4.74 Å². The van der Waals surface area contributed by atoms with Crippen molar-refractivity contribution in [1.29, 1.82) is 0 Å². The van der Waals surface area contributed by atoms with Gasteiger partial charge in [-0.05, 0) is 18.6 Å². The summed E-state index contributed by atoms with van der Waals surface area (Å²) in [6.45, 7) is 1.98. The van der Waals surface area contributed by atoms with Crippen LogP contribution in [0, 0.1) is 0 Å². The molecule has 16 heavy (non-hydrogen) atoms. The lowest BCUT2D eigenvalue weighted by Gasteiger charge is -2.13. The monoisotopic (exact) mass is 233 g/mol. The molecular weight excluding hydrogens is 222 g/mol. The molecule has 1 aromatic carbocycles. The topological polar surface area (TPSA) is 22.1 Å². The van der Waals surface area contributed by atoms with Crippen LogP contribution in [-0.4, -0.2) is 4.98 Å². The molecule has 2 aromatic rings. The second-order valence-electron chi connectivity index (χ2n) is 3.47. The first kappa shape index (κ1) is 11.0. The third kappa shape index (κ3) is 2.74. The van der Waals surface area contributed by atoms with Gasteiger partial charge in [-0.15, -0.1) is 0 Å². The minimum atomic E-state index is -0.0350. The summed E-state index contributed by atoms with van der Waals surface area (Å²) in [4.78, 5) is 4.08. The molecule has 1 aromatic heterocycles. The highest BCUT2D eigenvalue weighted by molar-refractivity contribution is 6.29. The van der Waals surface area contributed by atoms with Crippen molar-refractivity contribution in [3.8, 4) is 5.88 Å². The Morgan fingerprint density at radius 2 is 1.81 bits per heavy atom. The number of hydrogen-bond acceptors (Lipinski definition) is 2. The summed E-state index contributed by atoms with van der Waals surface area (Å²) in [5, 5.41) is 0.442. The van der Waals surface area contributed by atoms with Crippen LogP contribution in [0.1, 0.15) is 18.6 Å². The summed E-state index contributed by atoms with van der Waals surface area (Å²) >= 11 is 5.78. The molecule has 0 saturated heterocycles. The first-order valence-electron chi connectivity index (χ1n) is 5.10. The molecule has 0 amide bonds. The molecule has 3 heteroatoms. The lowest BCUT2D eigenvalue weighted by atomic mass is 10.1. The summed E-state index contributed by atoms with van der Waals surface area (Å²) in [6, 6.07) is 15.3. The third-order valence-electron chi connectivity index (χ3n) is 2.26. The first-order valence-corrected chi connectivity index (χ1v) is 5.47. The van der Waals surface area contributed by atoms with E-state index in [9.17, 15) is 0 Å². The predicted molar refractivity (Wildman–Crippen MR) is 64.7 cm³/mol. The zero-order valence-corrected chi connectivity index (χ0v) is 9.69. The number of halogens is 1. The number of benzene rings is 1. The molecular formula is C13H12ClNO. The zero-order valence-electron chi connectivity index (χ0n) is 8.93. The van der Waals surface area contributed by atoms with Crippen LogP contribution in [-0.2, 0) is 0 Å². The second-order valence-corrected chi connectivity index (χ2v) is 3.86. The van der Waals surface area contributed by atoms with Crippen LogP contribution >= 0.6 is 11.6 Å². The summed E-state index contributed by atoms with van der Waals surface area (Å²) in [5.74, 6) is 0.545. The van der Waals surface area contributed by atoms with E-state index >= 15 is 0 Å². The summed E-state index contributed by atoms with van der Waals surface area (Å²) in [6.07, 6.45) is -0.0350. The highest BCUT2D eigenvalue weighted by Crippen LogP contribution is 2.20. The summed E-state index contributed by atoms with van der Waals surface area (Å²) in [5.41, 5.74) is 1.12. The van der Waals surface area contributed by atoms with Crippen LogP contribution in [0.5, 0.6) is 5.88 Å². The molecule has 0 fully saturated rings. The van der Waals surface area contributed by atoms with Gasteiger partial charge in [0.15, 0.2) is 0 Å². The van der Waals surface area contributed by atoms with E-state index in [2.05, 4.69) is 4.98 Å². The molecule has 0 aliphatic heterocycles. The lowest BCUT2D eigenvalue weighted by Crippen LogP contribution is -2.03. The van der Waals surface area contributed by atoms with Crippen molar-refractivity contribution in [1.82, 2.24) is 4.98 Å². The Hall–Kier alpha value is -1.54. The Bertz CT molecular complexity index is 458. The summed E-state index contributed by atoms with van der Waals surface area (Å²) < 4.78 is 5.69. The number of hydrogen-bond donors (Lipinski definition) is 0. The molecule has 0 aliphatic carbocycles. The molecule has 0 spiro atoms. The molecule has 0 aliphatic rings. The second kappa shape index (κ2) is 4.99. The maximum Gasteiger partial charge on any atom is 0.215 e. The minimum absolute atomic E-state index is 0.0350. The van der Waals surface area contributed by atoms with Gasteiger partial charge in [-0.2, -0.15) is 0 Å². The standard InChI is InChI=1S/C13H12ClNO/c1-10(11-6-3-2-4-7-11)16-13-9-5-8-12(14)15-13/h2-10H,1H3. The Morgan fingerprint density at radius 1 is 1.06 bits per heavy atom. The molecule has 1 unspecified atom stereocenters. The van der Waals surface area contributed by atoms with Gasteiger partial charge in [-0.1, -0.05) is 48.0 Å². The van der Waals surface area contributed by atoms with Gasteiger partial charge in [0.2, 0.25) is 5.88 Å². The van der Waals surface area contributed by atoms with Crippen LogP contribution in [0.4, 0.5) is 0 Å². The van der Waals surface area contributed by atoms with Gasteiger partial charge in [0.1, 0.15) is 11.3 Å². The van der Waals surface area contributed by atoms with Crippen molar-refractivity contribution in [2.75, 3.05) is 0 Å². The van der Waals surface area contributed by atoms with Gasteiger partial charge < -0.3 is 4.74 Å². The van der Waals surface area contributed by atoms with Gasteiger partial charge >= 0.3 is 0 Å². The highest BCUT2D eigenvalue weighted by atomic mass is 35.5. The third-order valence-corrected chi connectivity index (χ3v) is 2.47. The molecule has 0 saturated carbocycles. The SMILES string of the molecule is CC(Oc1cccc(Cl)n1)c1ccccc1. The van der Waals surface area contributed by atoms with E-state index in [0.29, 0.717) is 11.0 Å². The van der Waals surface area contributed by atoms with Gasteiger partial charge in [0.05, 0.1) is 0 Å². The fourth-order valence-electron chi connectivity index (χ4n) is 1.43. The molecule has 0 radical (unpaired) electrons. The van der Waals surface area contributed by atoms with E-state index in [1.807, 2.05) is 43.3 Å². The van der Waals surface area contributed by atoms with Crippen molar-refractivity contribution < 1.29 is 4.74 Å². The van der Waals surface area contributed by atoms with Gasteiger partial charge in [0.25, 0.3) is 0 Å². The first-order chi connectivity index (χ1) is 7.75.